The smallest absolute Gasteiger partial charge is 0.221 e. The summed E-state index contributed by atoms with van der Waals surface area (Å²) in [6.07, 6.45) is 10.4. The van der Waals surface area contributed by atoms with Gasteiger partial charge in [-0.1, -0.05) is 25.7 Å². The van der Waals surface area contributed by atoms with Crippen LogP contribution in [0.15, 0.2) is 0 Å². The Morgan fingerprint density at radius 3 is 2.45 bits per heavy atom. The van der Waals surface area contributed by atoms with Gasteiger partial charge in [-0.25, -0.2) is 0 Å². The maximum atomic E-state index is 11.8. The first-order valence-electron chi connectivity index (χ1n) is 8.48. The third-order valence-corrected chi connectivity index (χ3v) is 4.84. The van der Waals surface area contributed by atoms with Gasteiger partial charge in [0.1, 0.15) is 0 Å². The maximum Gasteiger partial charge on any atom is 0.221 e. The molecule has 2 aliphatic rings. The van der Waals surface area contributed by atoms with Crippen LogP contribution < -0.4 is 10.6 Å². The van der Waals surface area contributed by atoms with Crippen molar-refractivity contribution in [2.75, 3.05) is 6.54 Å². The topological polar surface area (TPSA) is 41.1 Å². The summed E-state index contributed by atoms with van der Waals surface area (Å²) < 4.78 is 0. The highest BCUT2D eigenvalue weighted by atomic mass is 16.1. The Balaban J connectivity index is 1.64. The van der Waals surface area contributed by atoms with Gasteiger partial charge in [0.15, 0.2) is 0 Å². The molecule has 3 unspecified atom stereocenters. The molecule has 0 aromatic heterocycles. The Hall–Kier alpha value is -0.570. The molecule has 0 aliphatic heterocycles. The molecule has 0 aromatic carbocycles. The van der Waals surface area contributed by atoms with Gasteiger partial charge in [-0.3, -0.25) is 4.79 Å². The minimum absolute atomic E-state index is 0.114. The fraction of sp³-hybridized carbons (Fsp3) is 0.941. The van der Waals surface area contributed by atoms with Crippen molar-refractivity contribution in [3.63, 3.8) is 0 Å². The van der Waals surface area contributed by atoms with E-state index in [-0.39, 0.29) is 11.4 Å². The van der Waals surface area contributed by atoms with Crippen molar-refractivity contribution in [3.8, 4) is 0 Å². The van der Waals surface area contributed by atoms with Crippen LogP contribution in [0.1, 0.15) is 72.1 Å². The Labute approximate surface area is 124 Å². The van der Waals surface area contributed by atoms with Gasteiger partial charge < -0.3 is 10.6 Å². The standard InChI is InChI=1S/C17H32N2O/c1-17(2,3)19-16(20)10-11-18-15-9-8-13-6-4-5-7-14(13)12-15/h13-15,18H,4-12H2,1-3H3,(H,19,20). The molecule has 3 nitrogen and oxygen atoms in total. The third kappa shape index (κ3) is 5.08. The van der Waals surface area contributed by atoms with E-state index < -0.39 is 0 Å². The fourth-order valence-electron chi connectivity index (χ4n) is 3.93. The summed E-state index contributed by atoms with van der Waals surface area (Å²) in [6, 6.07) is 0.650. The molecule has 1 amide bonds. The predicted octanol–water partition coefficient (Wildman–Crippen LogP) is 3.24. The lowest BCUT2D eigenvalue weighted by Gasteiger charge is -2.39. The summed E-state index contributed by atoms with van der Waals surface area (Å²) >= 11 is 0. The van der Waals surface area contributed by atoms with Gasteiger partial charge in [0, 0.05) is 24.5 Å². The van der Waals surface area contributed by atoms with Gasteiger partial charge in [0.2, 0.25) is 5.91 Å². The third-order valence-electron chi connectivity index (χ3n) is 4.84. The lowest BCUT2D eigenvalue weighted by atomic mass is 9.69. The van der Waals surface area contributed by atoms with E-state index in [2.05, 4.69) is 10.6 Å². The molecule has 0 aromatic rings. The van der Waals surface area contributed by atoms with Gasteiger partial charge in [0.25, 0.3) is 0 Å². The number of hydrogen-bond acceptors (Lipinski definition) is 2. The van der Waals surface area contributed by atoms with Crippen LogP contribution in [0.5, 0.6) is 0 Å². The highest BCUT2D eigenvalue weighted by Gasteiger charge is 2.31. The van der Waals surface area contributed by atoms with Gasteiger partial charge in [-0.15, -0.1) is 0 Å². The largest absolute Gasteiger partial charge is 0.351 e. The molecule has 3 atom stereocenters. The lowest BCUT2D eigenvalue weighted by Crippen LogP contribution is -2.43. The molecule has 2 saturated carbocycles. The number of carbonyl (C=O) groups is 1. The SMILES string of the molecule is CC(C)(C)NC(=O)CCNC1CCC2CCCCC2C1. The van der Waals surface area contributed by atoms with Crippen LogP contribution in [-0.2, 0) is 4.79 Å². The number of amides is 1. The van der Waals surface area contributed by atoms with Crippen molar-refractivity contribution >= 4 is 5.91 Å². The van der Waals surface area contributed by atoms with Gasteiger partial charge in [-0.05, 0) is 51.9 Å². The molecule has 3 heteroatoms. The first-order chi connectivity index (χ1) is 9.44. The normalized spacial score (nSPS) is 30.6. The number of hydrogen-bond donors (Lipinski definition) is 2. The monoisotopic (exact) mass is 280 g/mol. The van der Waals surface area contributed by atoms with Crippen LogP contribution in [0.2, 0.25) is 0 Å². The Morgan fingerprint density at radius 1 is 1.05 bits per heavy atom. The Morgan fingerprint density at radius 2 is 1.75 bits per heavy atom. The summed E-state index contributed by atoms with van der Waals surface area (Å²) in [5.41, 5.74) is -0.114. The number of carbonyl (C=O) groups excluding carboxylic acids is 1. The molecular formula is C17H32N2O. The second-order valence-electron chi connectivity index (χ2n) is 7.82. The van der Waals surface area contributed by atoms with Crippen molar-refractivity contribution in [2.24, 2.45) is 11.8 Å². The van der Waals surface area contributed by atoms with Crippen molar-refractivity contribution in [1.29, 1.82) is 0 Å². The second kappa shape index (κ2) is 6.93. The average Bonchev–Trinajstić information content (AvgIpc) is 2.36. The van der Waals surface area contributed by atoms with E-state index >= 15 is 0 Å². The van der Waals surface area contributed by atoms with Crippen molar-refractivity contribution < 1.29 is 4.79 Å². The van der Waals surface area contributed by atoms with E-state index in [9.17, 15) is 4.79 Å². The van der Waals surface area contributed by atoms with E-state index in [4.69, 9.17) is 0 Å². The summed E-state index contributed by atoms with van der Waals surface area (Å²) in [7, 11) is 0. The van der Waals surface area contributed by atoms with E-state index in [0.717, 1.165) is 18.4 Å². The van der Waals surface area contributed by atoms with E-state index in [1.54, 1.807) is 0 Å². The first-order valence-corrected chi connectivity index (χ1v) is 8.48. The molecular weight excluding hydrogens is 248 g/mol. The first kappa shape index (κ1) is 15.8. The zero-order valence-corrected chi connectivity index (χ0v) is 13.5. The molecule has 0 saturated heterocycles. The molecule has 0 spiro atoms. The molecule has 2 rings (SSSR count). The molecule has 0 bridgehead atoms. The van der Waals surface area contributed by atoms with Gasteiger partial charge >= 0.3 is 0 Å². The number of nitrogens with one attached hydrogen (secondary N) is 2. The van der Waals surface area contributed by atoms with Gasteiger partial charge in [0.05, 0.1) is 0 Å². The van der Waals surface area contributed by atoms with Crippen LogP contribution in [0.3, 0.4) is 0 Å². The summed E-state index contributed by atoms with van der Waals surface area (Å²) in [5.74, 6) is 2.13. The fourth-order valence-corrected chi connectivity index (χ4v) is 3.93. The quantitative estimate of drug-likeness (QED) is 0.830. The van der Waals surface area contributed by atoms with E-state index in [1.165, 1.54) is 44.9 Å². The zero-order chi connectivity index (χ0) is 14.6. The van der Waals surface area contributed by atoms with Crippen molar-refractivity contribution in [2.45, 2.75) is 83.7 Å². The molecule has 2 aliphatic carbocycles. The lowest BCUT2D eigenvalue weighted by molar-refractivity contribution is -0.122. The van der Waals surface area contributed by atoms with Crippen LogP contribution in [0.25, 0.3) is 0 Å². The number of fused-ring (bicyclic) bond motifs is 1. The zero-order valence-electron chi connectivity index (χ0n) is 13.5. The van der Waals surface area contributed by atoms with E-state index in [1.807, 2.05) is 20.8 Å². The van der Waals surface area contributed by atoms with Crippen molar-refractivity contribution in [1.82, 2.24) is 10.6 Å². The highest BCUT2D eigenvalue weighted by molar-refractivity contribution is 5.76. The minimum Gasteiger partial charge on any atom is -0.351 e. The van der Waals surface area contributed by atoms with Crippen LogP contribution in [0, 0.1) is 11.8 Å². The van der Waals surface area contributed by atoms with Crippen LogP contribution >= 0.6 is 0 Å². The highest BCUT2D eigenvalue weighted by Crippen LogP contribution is 2.40. The van der Waals surface area contributed by atoms with Crippen molar-refractivity contribution in [3.05, 3.63) is 0 Å². The molecule has 116 valence electrons. The molecule has 20 heavy (non-hydrogen) atoms. The molecule has 2 N–H and O–H groups in total. The summed E-state index contributed by atoms with van der Waals surface area (Å²) in [6.45, 7) is 6.91. The summed E-state index contributed by atoms with van der Waals surface area (Å²) in [4.78, 5) is 11.8. The molecule has 0 heterocycles. The van der Waals surface area contributed by atoms with Crippen LogP contribution in [-0.4, -0.2) is 24.0 Å². The average molecular weight is 280 g/mol. The second-order valence-corrected chi connectivity index (χ2v) is 7.82. The minimum atomic E-state index is -0.114. The Bertz CT molecular complexity index is 321. The maximum absolute atomic E-state index is 11.8. The predicted molar refractivity (Wildman–Crippen MR) is 83.6 cm³/mol. The van der Waals surface area contributed by atoms with E-state index in [0.29, 0.717) is 12.5 Å². The molecule has 0 radical (unpaired) electrons. The van der Waals surface area contributed by atoms with Gasteiger partial charge in [-0.2, -0.15) is 0 Å². The van der Waals surface area contributed by atoms with Crippen LogP contribution in [0.4, 0.5) is 0 Å². The molecule has 2 fully saturated rings. The number of rotatable bonds is 4. The summed E-state index contributed by atoms with van der Waals surface area (Å²) in [5, 5.41) is 6.63. The Kier molecular flexibility index (Phi) is 5.48.